The van der Waals surface area contributed by atoms with E-state index in [9.17, 15) is 4.79 Å². The van der Waals surface area contributed by atoms with Crippen molar-refractivity contribution < 1.29 is 9.90 Å². The Hall–Kier alpha value is -2.48. The topological polar surface area (TPSA) is 87.4 Å². The highest BCUT2D eigenvalue weighted by Gasteiger charge is 2.22. The zero-order chi connectivity index (χ0) is 14.7. The van der Waals surface area contributed by atoms with Crippen LogP contribution in [0.15, 0.2) is 30.7 Å². The molecular weight excluding hydrogens is 272 g/mol. The van der Waals surface area contributed by atoms with Crippen LogP contribution in [0.2, 0.25) is 0 Å². The highest BCUT2D eigenvalue weighted by Crippen LogP contribution is 2.13. The molecule has 0 saturated carbocycles. The standard InChI is InChI=1S/C13H16N6O2/c20-10-12(21)17-6-8-18(9-7-17)13-14-4-2-11(16-13)19-5-1-3-15-19/h1-5,20H,6-10H2. The number of anilines is 1. The van der Waals surface area contributed by atoms with Gasteiger partial charge < -0.3 is 14.9 Å². The molecule has 0 unspecified atom stereocenters. The first-order valence-corrected chi connectivity index (χ1v) is 6.74. The fraction of sp³-hybridized carbons (Fsp3) is 0.385. The molecule has 21 heavy (non-hydrogen) atoms. The van der Waals surface area contributed by atoms with Gasteiger partial charge in [-0.1, -0.05) is 0 Å². The van der Waals surface area contributed by atoms with Crippen molar-refractivity contribution in [1.82, 2.24) is 24.6 Å². The van der Waals surface area contributed by atoms with Crippen LogP contribution in [0.3, 0.4) is 0 Å². The summed E-state index contributed by atoms with van der Waals surface area (Å²) in [4.78, 5) is 23.9. The number of carbonyl (C=O) groups excluding carboxylic acids is 1. The molecule has 1 amide bonds. The van der Waals surface area contributed by atoms with Crippen LogP contribution < -0.4 is 4.90 Å². The Bertz CT molecular complexity index is 607. The summed E-state index contributed by atoms with van der Waals surface area (Å²) in [6.07, 6.45) is 5.22. The van der Waals surface area contributed by atoms with Crippen molar-refractivity contribution in [3.8, 4) is 5.82 Å². The molecule has 1 aliphatic heterocycles. The van der Waals surface area contributed by atoms with Gasteiger partial charge in [-0.3, -0.25) is 4.79 Å². The zero-order valence-corrected chi connectivity index (χ0v) is 11.5. The SMILES string of the molecule is O=C(CO)N1CCN(c2nccc(-n3cccn3)n2)CC1. The number of hydrogen-bond acceptors (Lipinski definition) is 6. The van der Waals surface area contributed by atoms with E-state index in [1.165, 1.54) is 0 Å². The van der Waals surface area contributed by atoms with Gasteiger partial charge in [-0.15, -0.1) is 0 Å². The van der Waals surface area contributed by atoms with Crippen LogP contribution in [0.4, 0.5) is 5.95 Å². The van der Waals surface area contributed by atoms with E-state index in [1.54, 1.807) is 28.0 Å². The maximum Gasteiger partial charge on any atom is 0.248 e. The summed E-state index contributed by atoms with van der Waals surface area (Å²) in [5.41, 5.74) is 0. The zero-order valence-electron chi connectivity index (χ0n) is 11.5. The van der Waals surface area contributed by atoms with Crippen LogP contribution >= 0.6 is 0 Å². The minimum atomic E-state index is -0.439. The Labute approximate surface area is 121 Å². The molecule has 0 bridgehead atoms. The molecule has 8 heteroatoms. The van der Waals surface area contributed by atoms with Gasteiger partial charge in [-0.05, 0) is 6.07 Å². The van der Waals surface area contributed by atoms with E-state index in [0.717, 1.165) is 0 Å². The van der Waals surface area contributed by atoms with Gasteiger partial charge in [0.15, 0.2) is 5.82 Å². The first-order chi connectivity index (χ1) is 10.3. The van der Waals surface area contributed by atoms with Crippen LogP contribution in [0, 0.1) is 0 Å². The number of nitrogens with zero attached hydrogens (tertiary/aromatic N) is 6. The third kappa shape index (κ3) is 2.84. The summed E-state index contributed by atoms with van der Waals surface area (Å²) >= 11 is 0. The molecule has 3 heterocycles. The fourth-order valence-corrected chi connectivity index (χ4v) is 2.28. The Kier molecular flexibility index (Phi) is 3.78. The molecule has 0 aliphatic carbocycles. The van der Waals surface area contributed by atoms with E-state index in [4.69, 9.17) is 5.11 Å². The summed E-state index contributed by atoms with van der Waals surface area (Å²) < 4.78 is 1.68. The predicted molar refractivity (Wildman–Crippen MR) is 75.0 cm³/mol. The van der Waals surface area contributed by atoms with Gasteiger partial charge in [0.05, 0.1) is 0 Å². The molecule has 2 aromatic rings. The average molecular weight is 288 g/mol. The molecule has 0 radical (unpaired) electrons. The van der Waals surface area contributed by atoms with Crippen molar-refractivity contribution in [2.24, 2.45) is 0 Å². The first kappa shape index (κ1) is 13.5. The Morgan fingerprint density at radius 2 is 2.05 bits per heavy atom. The number of piperazine rings is 1. The van der Waals surface area contributed by atoms with Crippen molar-refractivity contribution >= 4 is 11.9 Å². The summed E-state index contributed by atoms with van der Waals surface area (Å²) in [5.74, 6) is 1.10. The van der Waals surface area contributed by atoms with E-state index in [1.807, 2.05) is 17.2 Å². The molecule has 8 nitrogen and oxygen atoms in total. The lowest BCUT2D eigenvalue weighted by molar-refractivity contribution is -0.134. The number of aromatic nitrogens is 4. The number of aliphatic hydroxyl groups excluding tert-OH is 1. The lowest BCUT2D eigenvalue weighted by Gasteiger charge is -2.34. The van der Waals surface area contributed by atoms with Gasteiger partial charge in [-0.2, -0.15) is 10.1 Å². The number of aliphatic hydroxyl groups is 1. The molecule has 1 fully saturated rings. The van der Waals surface area contributed by atoms with E-state index in [-0.39, 0.29) is 5.91 Å². The maximum absolute atomic E-state index is 11.4. The molecule has 0 atom stereocenters. The number of carbonyl (C=O) groups is 1. The fourth-order valence-electron chi connectivity index (χ4n) is 2.28. The quantitative estimate of drug-likeness (QED) is 0.804. The van der Waals surface area contributed by atoms with Crippen LogP contribution in [0.1, 0.15) is 0 Å². The highest BCUT2D eigenvalue weighted by molar-refractivity contribution is 5.77. The Morgan fingerprint density at radius 1 is 1.24 bits per heavy atom. The third-order valence-corrected chi connectivity index (χ3v) is 3.42. The summed E-state index contributed by atoms with van der Waals surface area (Å²) in [6.45, 7) is 1.98. The van der Waals surface area contributed by atoms with Crippen molar-refractivity contribution in [1.29, 1.82) is 0 Å². The number of hydrogen-bond donors (Lipinski definition) is 1. The summed E-state index contributed by atoms with van der Waals surface area (Å²) in [6, 6.07) is 3.63. The molecule has 1 saturated heterocycles. The van der Waals surface area contributed by atoms with Crippen molar-refractivity contribution in [2.45, 2.75) is 0 Å². The molecule has 1 N–H and O–H groups in total. The smallest absolute Gasteiger partial charge is 0.248 e. The highest BCUT2D eigenvalue weighted by atomic mass is 16.3. The van der Waals surface area contributed by atoms with E-state index < -0.39 is 6.61 Å². The van der Waals surface area contributed by atoms with Gasteiger partial charge in [0.25, 0.3) is 0 Å². The normalized spacial score (nSPS) is 15.3. The van der Waals surface area contributed by atoms with Crippen LogP contribution in [0.25, 0.3) is 5.82 Å². The molecule has 1 aliphatic rings. The second-order valence-corrected chi connectivity index (χ2v) is 4.69. The monoisotopic (exact) mass is 288 g/mol. The third-order valence-electron chi connectivity index (χ3n) is 3.42. The van der Waals surface area contributed by atoms with Gasteiger partial charge in [0.1, 0.15) is 6.61 Å². The Morgan fingerprint density at radius 3 is 2.71 bits per heavy atom. The van der Waals surface area contributed by atoms with Gasteiger partial charge in [-0.25, -0.2) is 9.67 Å². The summed E-state index contributed by atoms with van der Waals surface area (Å²) in [7, 11) is 0. The molecular formula is C13H16N6O2. The minimum Gasteiger partial charge on any atom is -0.387 e. The van der Waals surface area contributed by atoms with Gasteiger partial charge in [0.2, 0.25) is 11.9 Å². The van der Waals surface area contributed by atoms with E-state index in [0.29, 0.717) is 37.9 Å². The van der Waals surface area contributed by atoms with Crippen molar-refractivity contribution in [3.63, 3.8) is 0 Å². The molecule has 110 valence electrons. The number of rotatable bonds is 3. The lowest BCUT2D eigenvalue weighted by atomic mass is 10.3. The van der Waals surface area contributed by atoms with Gasteiger partial charge >= 0.3 is 0 Å². The second-order valence-electron chi connectivity index (χ2n) is 4.69. The number of amides is 1. The maximum atomic E-state index is 11.4. The van der Waals surface area contributed by atoms with Crippen molar-refractivity contribution in [3.05, 3.63) is 30.7 Å². The van der Waals surface area contributed by atoms with Crippen LogP contribution in [-0.2, 0) is 4.79 Å². The Balaban J connectivity index is 1.71. The van der Waals surface area contributed by atoms with E-state index in [2.05, 4.69) is 15.1 Å². The van der Waals surface area contributed by atoms with Crippen LogP contribution in [-0.4, -0.2) is 68.4 Å². The average Bonchev–Trinajstić information content (AvgIpc) is 3.09. The van der Waals surface area contributed by atoms with Gasteiger partial charge in [0, 0.05) is 50.8 Å². The predicted octanol–water partition coefficient (Wildman–Crippen LogP) is -0.697. The first-order valence-electron chi connectivity index (χ1n) is 6.74. The largest absolute Gasteiger partial charge is 0.387 e. The van der Waals surface area contributed by atoms with Crippen LogP contribution in [0.5, 0.6) is 0 Å². The summed E-state index contributed by atoms with van der Waals surface area (Å²) in [5, 5.41) is 13.0. The molecule has 0 spiro atoms. The minimum absolute atomic E-state index is 0.235. The molecule has 3 rings (SSSR count). The molecule has 0 aromatic carbocycles. The molecule has 2 aromatic heterocycles. The lowest BCUT2D eigenvalue weighted by Crippen LogP contribution is -2.50. The second kappa shape index (κ2) is 5.88. The van der Waals surface area contributed by atoms with E-state index >= 15 is 0 Å². The van der Waals surface area contributed by atoms with Crippen molar-refractivity contribution in [2.75, 3.05) is 37.7 Å².